The van der Waals surface area contributed by atoms with E-state index in [4.69, 9.17) is 4.42 Å². The molecule has 0 aliphatic carbocycles. The molecule has 3 aromatic rings. The van der Waals surface area contributed by atoms with Gasteiger partial charge in [-0.3, -0.25) is 4.98 Å². The number of para-hydroxylation sites is 1. The summed E-state index contributed by atoms with van der Waals surface area (Å²) < 4.78 is 5.34. The van der Waals surface area contributed by atoms with Crippen LogP contribution in [0.1, 0.15) is 5.56 Å². The number of furan rings is 1. The zero-order valence-corrected chi connectivity index (χ0v) is 11.8. The van der Waals surface area contributed by atoms with Gasteiger partial charge in [0.1, 0.15) is 5.76 Å². The van der Waals surface area contributed by atoms with Gasteiger partial charge in [0.05, 0.1) is 6.26 Å². The van der Waals surface area contributed by atoms with Gasteiger partial charge in [-0.2, -0.15) is 0 Å². The Balaban J connectivity index is 1.60. The van der Waals surface area contributed by atoms with Gasteiger partial charge >= 0.3 is 6.03 Å². The summed E-state index contributed by atoms with van der Waals surface area (Å²) in [6.07, 6.45) is 5.06. The summed E-state index contributed by atoms with van der Waals surface area (Å²) in [6.45, 7) is 0.389. The van der Waals surface area contributed by atoms with Crippen molar-refractivity contribution in [2.24, 2.45) is 0 Å². The Bertz CT molecular complexity index is 740. The molecule has 2 aromatic heterocycles. The van der Waals surface area contributed by atoms with Crippen LogP contribution in [-0.2, 0) is 6.54 Å². The van der Waals surface area contributed by atoms with Crippen LogP contribution in [0.5, 0.6) is 0 Å². The maximum atomic E-state index is 11.8. The Labute approximate surface area is 128 Å². The Morgan fingerprint density at radius 2 is 1.95 bits per heavy atom. The lowest BCUT2D eigenvalue weighted by Gasteiger charge is -2.08. The SMILES string of the molecule is O=C(NCc1cncc(-c2ccco2)c1)Nc1ccccc1. The van der Waals surface area contributed by atoms with Crippen molar-refractivity contribution in [2.45, 2.75) is 6.54 Å². The molecule has 3 rings (SSSR count). The number of urea groups is 1. The number of benzene rings is 1. The van der Waals surface area contributed by atoms with Crippen molar-refractivity contribution in [3.63, 3.8) is 0 Å². The molecule has 5 nitrogen and oxygen atoms in total. The fraction of sp³-hybridized carbons (Fsp3) is 0.0588. The van der Waals surface area contributed by atoms with E-state index in [1.165, 1.54) is 0 Å². The van der Waals surface area contributed by atoms with E-state index in [9.17, 15) is 4.79 Å². The van der Waals surface area contributed by atoms with Gasteiger partial charge in [0.15, 0.2) is 0 Å². The molecular weight excluding hydrogens is 278 g/mol. The van der Waals surface area contributed by atoms with E-state index in [0.29, 0.717) is 6.54 Å². The zero-order chi connectivity index (χ0) is 15.2. The van der Waals surface area contributed by atoms with Gasteiger partial charge in [0, 0.05) is 30.2 Å². The lowest BCUT2D eigenvalue weighted by Crippen LogP contribution is -2.28. The van der Waals surface area contributed by atoms with Crippen molar-refractivity contribution in [3.8, 4) is 11.3 Å². The van der Waals surface area contributed by atoms with Crippen molar-refractivity contribution in [3.05, 3.63) is 72.8 Å². The Kier molecular flexibility index (Phi) is 4.15. The highest BCUT2D eigenvalue weighted by molar-refractivity contribution is 5.89. The number of nitrogens with one attached hydrogen (secondary N) is 2. The molecule has 0 spiro atoms. The van der Waals surface area contributed by atoms with Gasteiger partial charge in [0.25, 0.3) is 0 Å². The first-order chi connectivity index (χ1) is 10.8. The number of hydrogen-bond donors (Lipinski definition) is 2. The highest BCUT2D eigenvalue weighted by Crippen LogP contribution is 2.19. The molecule has 2 N–H and O–H groups in total. The number of aromatic nitrogens is 1. The number of hydrogen-bond acceptors (Lipinski definition) is 3. The Morgan fingerprint density at radius 1 is 1.09 bits per heavy atom. The molecule has 0 saturated heterocycles. The van der Waals surface area contributed by atoms with Gasteiger partial charge in [-0.15, -0.1) is 0 Å². The normalized spacial score (nSPS) is 10.2. The van der Waals surface area contributed by atoms with Crippen LogP contribution in [0.25, 0.3) is 11.3 Å². The van der Waals surface area contributed by atoms with Crippen LogP contribution in [-0.4, -0.2) is 11.0 Å². The minimum Gasteiger partial charge on any atom is -0.464 e. The van der Waals surface area contributed by atoms with Crippen LogP contribution >= 0.6 is 0 Å². The Hall–Kier alpha value is -3.08. The highest BCUT2D eigenvalue weighted by Gasteiger charge is 2.05. The summed E-state index contributed by atoms with van der Waals surface area (Å²) in [5, 5.41) is 5.56. The quantitative estimate of drug-likeness (QED) is 0.771. The molecule has 2 heterocycles. The minimum atomic E-state index is -0.255. The molecule has 110 valence electrons. The van der Waals surface area contributed by atoms with Crippen LogP contribution in [0.15, 0.2) is 71.6 Å². The molecule has 5 heteroatoms. The van der Waals surface area contributed by atoms with E-state index < -0.39 is 0 Å². The fourth-order valence-corrected chi connectivity index (χ4v) is 2.04. The van der Waals surface area contributed by atoms with E-state index in [0.717, 1.165) is 22.6 Å². The Morgan fingerprint density at radius 3 is 2.73 bits per heavy atom. The van der Waals surface area contributed by atoms with E-state index in [1.807, 2.05) is 48.5 Å². The summed E-state index contributed by atoms with van der Waals surface area (Å²) in [4.78, 5) is 16.0. The molecule has 2 amide bonds. The zero-order valence-electron chi connectivity index (χ0n) is 11.8. The summed E-state index contributed by atoms with van der Waals surface area (Å²) >= 11 is 0. The third-order valence-corrected chi connectivity index (χ3v) is 3.09. The van der Waals surface area contributed by atoms with Crippen molar-refractivity contribution < 1.29 is 9.21 Å². The van der Waals surface area contributed by atoms with Crippen LogP contribution < -0.4 is 10.6 Å². The minimum absolute atomic E-state index is 0.255. The van der Waals surface area contributed by atoms with Crippen LogP contribution in [0.3, 0.4) is 0 Å². The molecule has 0 aliphatic heterocycles. The fourth-order valence-electron chi connectivity index (χ4n) is 2.04. The van der Waals surface area contributed by atoms with Gasteiger partial charge in [-0.1, -0.05) is 18.2 Å². The predicted molar refractivity (Wildman–Crippen MR) is 84.2 cm³/mol. The van der Waals surface area contributed by atoms with E-state index in [2.05, 4.69) is 15.6 Å². The maximum Gasteiger partial charge on any atom is 0.319 e. The van der Waals surface area contributed by atoms with Gasteiger partial charge < -0.3 is 15.1 Å². The molecule has 0 unspecified atom stereocenters. The average Bonchev–Trinajstić information content (AvgIpc) is 3.09. The molecule has 0 saturated carbocycles. The standard InChI is InChI=1S/C17H15N3O2/c21-17(20-15-5-2-1-3-6-15)19-11-13-9-14(12-18-10-13)16-7-4-8-22-16/h1-10,12H,11H2,(H2,19,20,21). The first-order valence-corrected chi connectivity index (χ1v) is 6.89. The second-order valence-corrected chi connectivity index (χ2v) is 4.73. The number of amides is 2. The number of carbonyl (C=O) groups excluding carboxylic acids is 1. The summed E-state index contributed by atoms with van der Waals surface area (Å²) in [5.41, 5.74) is 2.53. The van der Waals surface area contributed by atoms with Crippen LogP contribution in [0, 0.1) is 0 Å². The smallest absolute Gasteiger partial charge is 0.319 e. The van der Waals surface area contributed by atoms with Crippen LogP contribution in [0.2, 0.25) is 0 Å². The van der Waals surface area contributed by atoms with Gasteiger partial charge in [0.2, 0.25) is 0 Å². The number of nitrogens with zero attached hydrogens (tertiary/aromatic N) is 1. The molecule has 0 atom stereocenters. The predicted octanol–water partition coefficient (Wildman–Crippen LogP) is 3.66. The third kappa shape index (κ3) is 3.52. The number of anilines is 1. The van der Waals surface area contributed by atoms with Crippen molar-refractivity contribution >= 4 is 11.7 Å². The second kappa shape index (κ2) is 6.58. The summed E-state index contributed by atoms with van der Waals surface area (Å²) in [5.74, 6) is 0.753. The molecule has 0 bridgehead atoms. The highest BCUT2D eigenvalue weighted by atomic mass is 16.3. The summed E-state index contributed by atoms with van der Waals surface area (Å²) in [6, 6.07) is 14.7. The monoisotopic (exact) mass is 293 g/mol. The van der Waals surface area contributed by atoms with Crippen LogP contribution in [0.4, 0.5) is 10.5 Å². The van der Waals surface area contributed by atoms with E-state index in [-0.39, 0.29) is 6.03 Å². The lowest BCUT2D eigenvalue weighted by molar-refractivity contribution is 0.251. The average molecular weight is 293 g/mol. The van der Waals surface area contributed by atoms with Gasteiger partial charge in [-0.05, 0) is 35.9 Å². The van der Waals surface area contributed by atoms with Crippen molar-refractivity contribution in [1.29, 1.82) is 0 Å². The first-order valence-electron chi connectivity index (χ1n) is 6.89. The van der Waals surface area contributed by atoms with E-state index in [1.54, 1.807) is 18.7 Å². The molecule has 1 aromatic carbocycles. The molecule has 0 radical (unpaired) electrons. The topological polar surface area (TPSA) is 67.2 Å². The summed E-state index contributed by atoms with van der Waals surface area (Å²) in [7, 11) is 0. The second-order valence-electron chi connectivity index (χ2n) is 4.73. The lowest BCUT2D eigenvalue weighted by atomic mass is 10.1. The molecule has 0 aliphatic rings. The molecular formula is C17H15N3O2. The number of pyridine rings is 1. The largest absolute Gasteiger partial charge is 0.464 e. The molecule has 22 heavy (non-hydrogen) atoms. The molecule has 0 fully saturated rings. The van der Waals surface area contributed by atoms with Gasteiger partial charge in [-0.25, -0.2) is 4.79 Å². The van der Waals surface area contributed by atoms with Crippen molar-refractivity contribution in [2.75, 3.05) is 5.32 Å². The van der Waals surface area contributed by atoms with E-state index >= 15 is 0 Å². The number of carbonyl (C=O) groups is 1. The third-order valence-electron chi connectivity index (χ3n) is 3.09. The maximum absolute atomic E-state index is 11.8. The first kappa shape index (κ1) is 13.9. The number of rotatable bonds is 4. The van der Waals surface area contributed by atoms with Crippen molar-refractivity contribution in [1.82, 2.24) is 10.3 Å².